The van der Waals surface area contributed by atoms with Crippen LogP contribution in [0.3, 0.4) is 0 Å². The van der Waals surface area contributed by atoms with E-state index < -0.39 is 5.97 Å². The second kappa shape index (κ2) is 8.68. The van der Waals surface area contributed by atoms with Crippen LogP contribution in [0.2, 0.25) is 0 Å². The van der Waals surface area contributed by atoms with Crippen LogP contribution in [-0.2, 0) is 9.59 Å². The van der Waals surface area contributed by atoms with Crippen LogP contribution in [0, 0.1) is 5.92 Å². The zero-order valence-corrected chi connectivity index (χ0v) is 14.7. The zero-order valence-electron chi connectivity index (χ0n) is 13.1. The van der Waals surface area contributed by atoms with Gasteiger partial charge in [-0.25, -0.2) is 4.79 Å². The Hall–Kier alpha value is -2.09. The molecule has 1 fully saturated rings. The molecule has 2 rings (SSSR count). The maximum Gasteiger partial charge on any atom is 0.317 e. The molecule has 24 heavy (non-hydrogen) atoms. The first-order valence-corrected chi connectivity index (χ1v) is 8.56. The molecule has 7 nitrogen and oxygen atoms in total. The van der Waals surface area contributed by atoms with E-state index in [1.54, 1.807) is 4.90 Å². The first-order valence-electron chi connectivity index (χ1n) is 7.76. The number of nitrogens with one attached hydrogen (secondary N) is 2. The van der Waals surface area contributed by atoms with Crippen molar-refractivity contribution in [2.24, 2.45) is 5.92 Å². The molecule has 0 atom stereocenters. The molecule has 0 saturated carbocycles. The lowest BCUT2D eigenvalue weighted by Crippen LogP contribution is -2.46. The van der Waals surface area contributed by atoms with Crippen molar-refractivity contribution in [1.82, 2.24) is 10.2 Å². The van der Waals surface area contributed by atoms with Crippen LogP contribution >= 0.6 is 15.9 Å². The molecule has 0 radical (unpaired) electrons. The highest BCUT2D eigenvalue weighted by Gasteiger charge is 2.27. The minimum atomic E-state index is -0.946. The number of hydrogen-bond acceptors (Lipinski definition) is 3. The number of rotatable bonds is 5. The minimum absolute atomic E-state index is 0.0387. The number of carboxylic acids is 1. The Balaban J connectivity index is 1.75. The van der Waals surface area contributed by atoms with Gasteiger partial charge in [0.25, 0.3) is 0 Å². The van der Waals surface area contributed by atoms with Gasteiger partial charge in [-0.2, -0.15) is 0 Å². The fraction of sp³-hybridized carbons (Fsp3) is 0.438. The van der Waals surface area contributed by atoms with Gasteiger partial charge in [-0.05, 0) is 37.1 Å². The van der Waals surface area contributed by atoms with E-state index in [1.165, 1.54) is 0 Å². The van der Waals surface area contributed by atoms with E-state index >= 15 is 0 Å². The summed E-state index contributed by atoms with van der Waals surface area (Å²) in [6, 6.07) is 7.10. The van der Waals surface area contributed by atoms with Crippen LogP contribution in [0.4, 0.5) is 10.5 Å². The number of piperidine rings is 1. The van der Waals surface area contributed by atoms with Crippen LogP contribution in [0.1, 0.15) is 19.3 Å². The van der Waals surface area contributed by atoms with Gasteiger partial charge < -0.3 is 20.6 Å². The monoisotopic (exact) mass is 397 g/mol. The lowest BCUT2D eigenvalue weighted by molar-refractivity contribution is -0.136. The molecule has 1 saturated heterocycles. The first kappa shape index (κ1) is 18.3. The summed E-state index contributed by atoms with van der Waals surface area (Å²) in [4.78, 5) is 36.2. The number of amides is 3. The third-order valence-corrected chi connectivity index (χ3v) is 4.41. The average Bonchev–Trinajstić information content (AvgIpc) is 2.56. The number of benzene rings is 1. The molecule has 3 amide bonds. The summed E-state index contributed by atoms with van der Waals surface area (Å²) in [6.45, 7) is 1.08. The minimum Gasteiger partial charge on any atom is -0.481 e. The van der Waals surface area contributed by atoms with Crippen molar-refractivity contribution in [2.45, 2.75) is 19.3 Å². The van der Waals surface area contributed by atoms with Crippen LogP contribution < -0.4 is 10.6 Å². The first-order chi connectivity index (χ1) is 11.5. The summed E-state index contributed by atoms with van der Waals surface area (Å²) < 4.78 is 0.947. The summed E-state index contributed by atoms with van der Waals surface area (Å²) in [5.74, 6) is -1.11. The molecule has 0 aliphatic carbocycles. The van der Waals surface area contributed by atoms with Gasteiger partial charge in [0.15, 0.2) is 0 Å². The van der Waals surface area contributed by atoms with Crippen molar-refractivity contribution in [3.63, 3.8) is 0 Å². The molecule has 1 heterocycles. The van der Waals surface area contributed by atoms with E-state index in [4.69, 9.17) is 5.11 Å². The van der Waals surface area contributed by atoms with Crippen molar-refractivity contribution < 1.29 is 19.5 Å². The van der Waals surface area contributed by atoms with Crippen molar-refractivity contribution >= 4 is 39.5 Å². The third-order valence-electron chi connectivity index (χ3n) is 3.88. The van der Waals surface area contributed by atoms with Crippen molar-refractivity contribution in [3.8, 4) is 0 Å². The van der Waals surface area contributed by atoms with Crippen LogP contribution in [-0.4, -0.2) is 47.5 Å². The van der Waals surface area contributed by atoms with Gasteiger partial charge in [0, 0.05) is 35.7 Å². The lowest BCUT2D eigenvalue weighted by atomic mass is 9.96. The normalized spacial score (nSPS) is 15.0. The Morgan fingerprint density at radius 1 is 1.17 bits per heavy atom. The van der Waals surface area contributed by atoms with Crippen LogP contribution in [0.5, 0.6) is 0 Å². The van der Waals surface area contributed by atoms with E-state index in [9.17, 15) is 14.4 Å². The molecule has 1 aliphatic rings. The van der Waals surface area contributed by atoms with Gasteiger partial charge in [-0.3, -0.25) is 9.59 Å². The number of aliphatic carboxylic acids is 1. The summed E-state index contributed by atoms with van der Waals surface area (Å²) in [5.41, 5.74) is 0.747. The number of likely N-dealkylation sites (tertiary alicyclic amines) is 1. The number of carboxylic acid groups (broad SMARTS) is 1. The van der Waals surface area contributed by atoms with Gasteiger partial charge in [0.2, 0.25) is 5.91 Å². The molecule has 1 aliphatic heterocycles. The summed E-state index contributed by atoms with van der Waals surface area (Å²) in [5, 5.41) is 14.0. The maximum absolute atomic E-state index is 12.3. The Morgan fingerprint density at radius 3 is 2.38 bits per heavy atom. The Morgan fingerprint density at radius 2 is 1.79 bits per heavy atom. The van der Waals surface area contributed by atoms with Gasteiger partial charge in [0.05, 0.1) is 6.42 Å². The average molecular weight is 398 g/mol. The Labute approximate surface area is 148 Å². The van der Waals surface area contributed by atoms with E-state index in [2.05, 4.69) is 26.6 Å². The molecule has 1 aromatic carbocycles. The highest BCUT2D eigenvalue weighted by molar-refractivity contribution is 9.10. The fourth-order valence-corrected chi connectivity index (χ4v) is 2.77. The standard InChI is InChI=1S/C16H20BrN3O4/c17-12-1-3-13(4-2-12)19-15(23)11-6-9-20(10-7-11)16(24)18-8-5-14(21)22/h1-4,11H,5-10H2,(H,18,24)(H,19,23)(H,21,22). The van der Waals surface area contributed by atoms with Gasteiger partial charge in [-0.15, -0.1) is 0 Å². The van der Waals surface area contributed by atoms with Gasteiger partial charge in [-0.1, -0.05) is 15.9 Å². The summed E-state index contributed by atoms with van der Waals surface area (Å²) in [6.07, 6.45) is 1.08. The van der Waals surface area contributed by atoms with Gasteiger partial charge in [0.1, 0.15) is 0 Å². The lowest BCUT2D eigenvalue weighted by Gasteiger charge is -2.31. The molecule has 0 bridgehead atoms. The molecular weight excluding hydrogens is 378 g/mol. The fourth-order valence-electron chi connectivity index (χ4n) is 2.51. The molecule has 8 heteroatoms. The Bertz CT molecular complexity index is 598. The molecule has 0 unspecified atom stereocenters. The van der Waals surface area contributed by atoms with E-state index in [0.717, 1.165) is 10.2 Å². The topological polar surface area (TPSA) is 98.7 Å². The van der Waals surface area contributed by atoms with E-state index in [1.807, 2.05) is 24.3 Å². The summed E-state index contributed by atoms with van der Waals surface area (Å²) in [7, 11) is 0. The van der Waals surface area contributed by atoms with E-state index in [-0.39, 0.29) is 30.8 Å². The number of anilines is 1. The molecule has 130 valence electrons. The molecule has 0 spiro atoms. The Kier molecular flexibility index (Phi) is 6.60. The summed E-state index contributed by atoms with van der Waals surface area (Å²) >= 11 is 3.35. The number of hydrogen-bond donors (Lipinski definition) is 3. The van der Waals surface area contributed by atoms with Crippen molar-refractivity contribution in [2.75, 3.05) is 25.0 Å². The predicted octanol–water partition coefficient (Wildman–Crippen LogP) is 2.28. The quantitative estimate of drug-likeness (QED) is 0.709. The number of halogens is 1. The zero-order chi connectivity index (χ0) is 17.5. The van der Waals surface area contributed by atoms with E-state index in [0.29, 0.717) is 25.9 Å². The number of carbonyl (C=O) groups excluding carboxylic acids is 2. The predicted molar refractivity (Wildman–Crippen MR) is 92.7 cm³/mol. The second-order valence-electron chi connectivity index (χ2n) is 5.63. The molecule has 0 aromatic heterocycles. The second-order valence-corrected chi connectivity index (χ2v) is 6.55. The smallest absolute Gasteiger partial charge is 0.317 e. The van der Waals surface area contributed by atoms with Gasteiger partial charge >= 0.3 is 12.0 Å². The molecule has 1 aromatic rings. The largest absolute Gasteiger partial charge is 0.481 e. The van der Waals surface area contributed by atoms with Crippen LogP contribution in [0.15, 0.2) is 28.7 Å². The number of nitrogens with zero attached hydrogens (tertiary/aromatic N) is 1. The van der Waals surface area contributed by atoms with Crippen LogP contribution in [0.25, 0.3) is 0 Å². The highest BCUT2D eigenvalue weighted by Crippen LogP contribution is 2.20. The van der Waals surface area contributed by atoms with Crippen molar-refractivity contribution in [3.05, 3.63) is 28.7 Å². The molecular formula is C16H20BrN3O4. The highest BCUT2D eigenvalue weighted by atomic mass is 79.9. The third kappa shape index (κ3) is 5.52. The number of carbonyl (C=O) groups is 3. The van der Waals surface area contributed by atoms with Crippen molar-refractivity contribution in [1.29, 1.82) is 0 Å². The number of urea groups is 1. The SMILES string of the molecule is O=C(O)CCNC(=O)N1CCC(C(=O)Nc2ccc(Br)cc2)CC1. The maximum atomic E-state index is 12.3. The molecule has 3 N–H and O–H groups in total.